The monoisotopic (exact) mass is 374 g/mol. The zero-order chi connectivity index (χ0) is 18.5. The average Bonchev–Trinajstić information content (AvgIpc) is 2.68. The van der Waals surface area contributed by atoms with E-state index in [0.717, 1.165) is 32.3 Å². The lowest BCUT2D eigenvalue weighted by molar-refractivity contribution is -0.115. The first-order chi connectivity index (χ1) is 12.8. The summed E-state index contributed by atoms with van der Waals surface area (Å²) in [6.07, 6.45) is 9.76. The van der Waals surface area contributed by atoms with Gasteiger partial charge in [0.15, 0.2) is 0 Å². The minimum atomic E-state index is 0.0669. The normalized spacial score (nSPS) is 29.8. The fourth-order valence-corrected chi connectivity index (χ4v) is 3.93. The van der Waals surface area contributed by atoms with Crippen LogP contribution in [0.4, 0.5) is 0 Å². The third-order valence-electron chi connectivity index (χ3n) is 5.21. The number of hydrogen-bond acceptors (Lipinski definition) is 6. The predicted molar refractivity (Wildman–Crippen MR) is 99.5 cm³/mol. The van der Waals surface area contributed by atoms with E-state index in [1.807, 2.05) is 6.92 Å². The summed E-state index contributed by atoms with van der Waals surface area (Å²) in [7, 11) is 0. The van der Waals surface area contributed by atoms with Crippen LogP contribution in [0.25, 0.3) is 0 Å². The van der Waals surface area contributed by atoms with Gasteiger partial charge in [0.1, 0.15) is 0 Å². The van der Waals surface area contributed by atoms with E-state index in [0.29, 0.717) is 33.0 Å². The molecule has 2 fully saturated rings. The van der Waals surface area contributed by atoms with Gasteiger partial charge in [0.25, 0.3) is 0 Å². The molecule has 6 nitrogen and oxygen atoms in total. The van der Waals surface area contributed by atoms with Gasteiger partial charge in [-0.2, -0.15) is 0 Å². The maximum Gasteiger partial charge on any atom is 0.0837 e. The van der Waals surface area contributed by atoms with Gasteiger partial charge in [-0.05, 0) is 32.6 Å². The molecule has 0 aromatic carbocycles. The molecule has 0 radical (unpaired) electrons. The van der Waals surface area contributed by atoms with Gasteiger partial charge < -0.3 is 28.8 Å². The van der Waals surface area contributed by atoms with Crippen LogP contribution in [0.1, 0.15) is 58.3 Å². The van der Waals surface area contributed by atoms with E-state index < -0.39 is 0 Å². The molecule has 0 saturated heterocycles. The first kappa shape index (κ1) is 22.1. The summed E-state index contributed by atoms with van der Waals surface area (Å²) in [5.41, 5.74) is 0. The Balaban J connectivity index is 1.50. The van der Waals surface area contributed by atoms with E-state index >= 15 is 0 Å². The molecule has 4 atom stereocenters. The molecule has 0 spiro atoms. The first-order valence-corrected chi connectivity index (χ1v) is 10.5. The molecule has 0 heterocycles. The van der Waals surface area contributed by atoms with E-state index in [1.165, 1.54) is 25.7 Å². The van der Waals surface area contributed by atoms with E-state index in [2.05, 4.69) is 0 Å². The summed E-state index contributed by atoms with van der Waals surface area (Å²) in [4.78, 5) is 0. The number of hydrogen-bond donors (Lipinski definition) is 1. The summed E-state index contributed by atoms with van der Waals surface area (Å²) in [5.74, 6) is 0. The fraction of sp³-hybridized carbons (Fsp3) is 1.00. The van der Waals surface area contributed by atoms with Crippen LogP contribution in [0.5, 0.6) is 0 Å². The second kappa shape index (κ2) is 13.9. The number of aliphatic hydroxyl groups excluding tert-OH is 1. The van der Waals surface area contributed by atoms with E-state index in [4.69, 9.17) is 28.8 Å². The van der Waals surface area contributed by atoms with Gasteiger partial charge >= 0.3 is 0 Å². The molecule has 0 amide bonds. The highest BCUT2D eigenvalue weighted by molar-refractivity contribution is 4.77. The second-order valence-corrected chi connectivity index (χ2v) is 7.13. The van der Waals surface area contributed by atoms with Crippen molar-refractivity contribution in [2.24, 2.45) is 0 Å². The maximum atomic E-state index is 8.91. The summed E-state index contributed by atoms with van der Waals surface area (Å²) in [6.45, 7) is 5.61. The van der Waals surface area contributed by atoms with Crippen LogP contribution in [-0.4, -0.2) is 75.8 Å². The van der Waals surface area contributed by atoms with Gasteiger partial charge in [0.2, 0.25) is 0 Å². The molecule has 154 valence electrons. The van der Waals surface area contributed by atoms with Crippen molar-refractivity contribution in [1.29, 1.82) is 0 Å². The van der Waals surface area contributed by atoms with E-state index in [9.17, 15) is 0 Å². The molecule has 4 unspecified atom stereocenters. The van der Waals surface area contributed by atoms with Crippen LogP contribution >= 0.6 is 0 Å². The third kappa shape index (κ3) is 8.19. The molecular formula is C20H38O6. The van der Waals surface area contributed by atoms with Crippen molar-refractivity contribution >= 4 is 0 Å². The number of rotatable bonds is 13. The largest absolute Gasteiger partial charge is 0.394 e. The Hall–Kier alpha value is -0.240. The van der Waals surface area contributed by atoms with Crippen LogP contribution in [0.3, 0.4) is 0 Å². The minimum absolute atomic E-state index is 0.0669. The van der Waals surface area contributed by atoms with Crippen molar-refractivity contribution < 1.29 is 28.8 Å². The van der Waals surface area contributed by atoms with E-state index in [1.54, 1.807) is 0 Å². The molecule has 1 N–H and O–H groups in total. The average molecular weight is 375 g/mol. The predicted octanol–water partition coefficient (Wildman–Crippen LogP) is 2.70. The highest BCUT2D eigenvalue weighted by Crippen LogP contribution is 2.24. The Morgan fingerprint density at radius 1 is 0.615 bits per heavy atom. The molecule has 0 aromatic heterocycles. The summed E-state index contributed by atoms with van der Waals surface area (Å²) in [5, 5.41) is 8.91. The molecule has 0 aromatic rings. The third-order valence-corrected chi connectivity index (χ3v) is 5.21. The number of ether oxygens (including phenoxy) is 5. The Bertz CT molecular complexity index is 338. The molecular weight excluding hydrogens is 336 g/mol. The van der Waals surface area contributed by atoms with Gasteiger partial charge in [-0.25, -0.2) is 0 Å². The maximum absolute atomic E-state index is 8.91. The number of aliphatic hydroxyl groups is 1. The van der Waals surface area contributed by atoms with E-state index in [-0.39, 0.29) is 31.0 Å². The Kier molecular flexibility index (Phi) is 11.8. The highest BCUT2D eigenvalue weighted by atomic mass is 16.6. The molecule has 0 aliphatic heterocycles. The molecule has 6 heteroatoms. The lowest BCUT2D eigenvalue weighted by atomic mass is 9.94. The molecule has 2 aliphatic rings. The summed E-state index contributed by atoms with van der Waals surface area (Å²) in [6, 6.07) is 0. The Morgan fingerprint density at radius 3 is 1.46 bits per heavy atom. The highest BCUT2D eigenvalue weighted by Gasteiger charge is 2.27. The van der Waals surface area contributed by atoms with Gasteiger partial charge in [-0.1, -0.05) is 25.7 Å². The van der Waals surface area contributed by atoms with Crippen molar-refractivity contribution in [3.63, 3.8) is 0 Å². The lowest BCUT2D eigenvalue weighted by Crippen LogP contribution is -2.36. The lowest BCUT2D eigenvalue weighted by Gasteiger charge is -2.31. The van der Waals surface area contributed by atoms with Gasteiger partial charge in [0.05, 0.1) is 64.1 Å². The van der Waals surface area contributed by atoms with Gasteiger partial charge in [-0.3, -0.25) is 0 Å². The van der Waals surface area contributed by atoms with Crippen molar-refractivity contribution in [3.8, 4) is 0 Å². The van der Waals surface area contributed by atoms with Crippen LogP contribution in [0.15, 0.2) is 0 Å². The Morgan fingerprint density at radius 2 is 1.04 bits per heavy atom. The smallest absolute Gasteiger partial charge is 0.0837 e. The zero-order valence-corrected chi connectivity index (χ0v) is 16.4. The molecule has 2 aliphatic carbocycles. The van der Waals surface area contributed by atoms with Crippen LogP contribution in [-0.2, 0) is 23.7 Å². The van der Waals surface area contributed by atoms with Crippen LogP contribution < -0.4 is 0 Å². The van der Waals surface area contributed by atoms with Gasteiger partial charge in [0, 0.05) is 6.61 Å². The fourth-order valence-electron chi connectivity index (χ4n) is 3.93. The van der Waals surface area contributed by atoms with Crippen molar-refractivity contribution in [3.05, 3.63) is 0 Å². The summed E-state index contributed by atoms with van der Waals surface area (Å²) < 4.78 is 29.0. The SMILES string of the molecule is CCOC1CCCCC1OCCOCCOC1CCCCC1OCCO. The first-order valence-electron chi connectivity index (χ1n) is 10.5. The Labute approximate surface area is 158 Å². The molecule has 0 bridgehead atoms. The van der Waals surface area contributed by atoms with Crippen LogP contribution in [0, 0.1) is 0 Å². The van der Waals surface area contributed by atoms with Crippen molar-refractivity contribution in [2.45, 2.75) is 82.7 Å². The second-order valence-electron chi connectivity index (χ2n) is 7.13. The topological polar surface area (TPSA) is 66.4 Å². The zero-order valence-electron chi connectivity index (χ0n) is 16.4. The van der Waals surface area contributed by atoms with Gasteiger partial charge in [-0.15, -0.1) is 0 Å². The van der Waals surface area contributed by atoms with Crippen LogP contribution in [0.2, 0.25) is 0 Å². The standard InChI is InChI=1S/C20H38O6/c1-2-23-17-7-3-4-8-18(17)25-15-13-22-14-16-26-20-10-6-5-9-19(20)24-12-11-21/h17-21H,2-16H2,1H3. The van der Waals surface area contributed by atoms with Crippen molar-refractivity contribution in [1.82, 2.24) is 0 Å². The quantitative estimate of drug-likeness (QED) is 0.500. The molecule has 2 rings (SSSR count). The molecule has 2 saturated carbocycles. The minimum Gasteiger partial charge on any atom is -0.394 e. The van der Waals surface area contributed by atoms with Crippen molar-refractivity contribution in [2.75, 3.05) is 46.2 Å². The molecule has 26 heavy (non-hydrogen) atoms. The summed E-state index contributed by atoms with van der Waals surface area (Å²) >= 11 is 0.